The van der Waals surface area contributed by atoms with Crippen LogP contribution in [0.4, 0.5) is 0 Å². The zero-order chi connectivity index (χ0) is 17.8. The van der Waals surface area contributed by atoms with Crippen molar-refractivity contribution in [1.29, 1.82) is 0 Å². The van der Waals surface area contributed by atoms with E-state index in [0.29, 0.717) is 11.8 Å². The van der Waals surface area contributed by atoms with Crippen molar-refractivity contribution in [3.05, 3.63) is 0 Å². The van der Waals surface area contributed by atoms with E-state index in [0.717, 1.165) is 25.2 Å². The summed E-state index contributed by atoms with van der Waals surface area (Å²) in [6.07, 6.45) is 15.1. The predicted molar refractivity (Wildman–Crippen MR) is 104 cm³/mol. The van der Waals surface area contributed by atoms with Gasteiger partial charge >= 0.3 is 0 Å². The smallest absolute Gasteiger partial charge is 0.240 e. The number of hydrogen-bond donors (Lipinski definition) is 1. The van der Waals surface area contributed by atoms with Gasteiger partial charge in [0.1, 0.15) is 0 Å². The van der Waals surface area contributed by atoms with Crippen LogP contribution in [0.5, 0.6) is 0 Å². The lowest BCUT2D eigenvalue weighted by Crippen LogP contribution is -2.29. The van der Waals surface area contributed by atoms with Crippen LogP contribution >= 0.6 is 0 Å². The summed E-state index contributed by atoms with van der Waals surface area (Å²) < 4.78 is 0. The zero-order valence-corrected chi connectivity index (χ0v) is 16.6. The molecular weight excluding hydrogens is 296 g/mol. The molecule has 0 atom stereocenters. The van der Waals surface area contributed by atoms with Crippen molar-refractivity contribution in [1.82, 2.24) is 5.43 Å². The van der Waals surface area contributed by atoms with Gasteiger partial charge in [-0.05, 0) is 43.4 Å². The average Bonchev–Trinajstić information content (AvgIpc) is 2.59. The first-order valence-corrected chi connectivity index (χ1v) is 10.3. The van der Waals surface area contributed by atoms with Crippen LogP contribution in [0.15, 0.2) is 5.10 Å². The van der Waals surface area contributed by atoms with Crippen LogP contribution < -0.4 is 5.43 Å². The molecule has 0 unspecified atom stereocenters. The number of amides is 1. The summed E-state index contributed by atoms with van der Waals surface area (Å²) in [5.41, 5.74) is 4.40. The quantitative estimate of drug-likeness (QED) is 0.353. The molecule has 0 aliphatic heterocycles. The monoisotopic (exact) mass is 336 g/mol. The molecule has 0 aromatic carbocycles. The topological polar surface area (TPSA) is 41.5 Å². The second-order valence-electron chi connectivity index (χ2n) is 8.20. The Balaban J connectivity index is 2.13. The minimum atomic E-state index is 0.0899. The second kappa shape index (κ2) is 11.7. The van der Waals surface area contributed by atoms with E-state index in [2.05, 4.69) is 38.2 Å². The molecule has 1 fully saturated rings. The van der Waals surface area contributed by atoms with E-state index in [1.807, 2.05) is 0 Å². The van der Waals surface area contributed by atoms with E-state index >= 15 is 0 Å². The van der Waals surface area contributed by atoms with Gasteiger partial charge < -0.3 is 0 Å². The molecule has 3 heteroatoms. The maximum atomic E-state index is 11.9. The van der Waals surface area contributed by atoms with Crippen LogP contribution in [0, 0.1) is 11.3 Å². The maximum absolute atomic E-state index is 11.9. The number of unbranched alkanes of at least 4 members (excludes halogenated alkanes) is 6. The van der Waals surface area contributed by atoms with Gasteiger partial charge in [-0.25, -0.2) is 5.43 Å². The SMILES string of the molecule is CCCCCCCCCC(=O)NN=C1CCC(C(C)(C)CC)CC1. The maximum Gasteiger partial charge on any atom is 0.240 e. The van der Waals surface area contributed by atoms with Crippen LogP contribution in [0.3, 0.4) is 0 Å². The van der Waals surface area contributed by atoms with Crippen LogP contribution in [0.25, 0.3) is 0 Å². The molecule has 0 aromatic heterocycles. The summed E-state index contributed by atoms with van der Waals surface area (Å²) in [5, 5.41) is 4.38. The zero-order valence-electron chi connectivity index (χ0n) is 16.6. The first-order chi connectivity index (χ1) is 11.5. The number of hydrazone groups is 1. The number of nitrogens with one attached hydrogen (secondary N) is 1. The van der Waals surface area contributed by atoms with Gasteiger partial charge in [0.2, 0.25) is 5.91 Å². The first-order valence-electron chi connectivity index (χ1n) is 10.3. The third-order valence-electron chi connectivity index (χ3n) is 5.93. The van der Waals surface area contributed by atoms with Crippen molar-refractivity contribution in [3.8, 4) is 0 Å². The number of carbonyl (C=O) groups excluding carboxylic acids is 1. The fourth-order valence-electron chi connectivity index (χ4n) is 3.57. The fraction of sp³-hybridized carbons (Fsp3) is 0.905. The molecule has 1 amide bonds. The van der Waals surface area contributed by atoms with E-state index in [9.17, 15) is 4.79 Å². The molecule has 1 N–H and O–H groups in total. The molecule has 0 saturated heterocycles. The van der Waals surface area contributed by atoms with Gasteiger partial charge in [-0.3, -0.25) is 4.79 Å². The Kier molecular flexibility index (Phi) is 10.3. The predicted octanol–water partition coefficient (Wildman–Crippen LogP) is 6.23. The van der Waals surface area contributed by atoms with Gasteiger partial charge in [0.25, 0.3) is 0 Å². The average molecular weight is 337 g/mol. The molecule has 140 valence electrons. The molecule has 0 radical (unpaired) electrons. The summed E-state index contributed by atoms with van der Waals surface area (Å²) in [5.74, 6) is 0.886. The highest BCUT2D eigenvalue weighted by Gasteiger charge is 2.30. The third kappa shape index (κ3) is 8.30. The normalized spacial score (nSPS) is 18.5. The highest BCUT2D eigenvalue weighted by Crippen LogP contribution is 2.39. The summed E-state index contributed by atoms with van der Waals surface area (Å²) in [7, 11) is 0. The number of nitrogens with zero attached hydrogens (tertiary/aromatic N) is 1. The fourth-order valence-corrected chi connectivity index (χ4v) is 3.57. The molecule has 1 aliphatic carbocycles. The summed E-state index contributed by atoms with van der Waals surface area (Å²) in [4.78, 5) is 11.9. The van der Waals surface area contributed by atoms with E-state index < -0.39 is 0 Å². The summed E-state index contributed by atoms with van der Waals surface area (Å²) in [6.45, 7) is 9.28. The Morgan fingerprint density at radius 2 is 1.62 bits per heavy atom. The van der Waals surface area contributed by atoms with Crippen LogP contribution in [-0.2, 0) is 4.79 Å². The molecule has 24 heavy (non-hydrogen) atoms. The molecule has 1 saturated carbocycles. The van der Waals surface area contributed by atoms with Gasteiger partial charge in [-0.15, -0.1) is 0 Å². The van der Waals surface area contributed by atoms with E-state index in [-0.39, 0.29) is 5.91 Å². The third-order valence-corrected chi connectivity index (χ3v) is 5.93. The van der Waals surface area contributed by atoms with Gasteiger partial charge in [-0.2, -0.15) is 5.10 Å². The molecule has 1 rings (SSSR count). The highest BCUT2D eigenvalue weighted by molar-refractivity contribution is 5.86. The summed E-state index contributed by atoms with van der Waals surface area (Å²) in [6, 6.07) is 0. The summed E-state index contributed by atoms with van der Waals surface area (Å²) >= 11 is 0. The van der Waals surface area contributed by atoms with Crippen molar-refractivity contribution in [2.45, 2.75) is 111 Å². The lowest BCUT2D eigenvalue weighted by atomic mass is 9.69. The lowest BCUT2D eigenvalue weighted by molar-refractivity contribution is -0.121. The molecule has 0 spiro atoms. The Labute approximate surface area is 150 Å². The molecular formula is C21H40N2O. The van der Waals surface area contributed by atoms with Crippen molar-refractivity contribution >= 4 is 11.6 Å². The molecule has 0 aromatic rings. The Morgan fingerprint density at radius 3 is 2.21 bits per heavy atom. The highest BCUT2D eigenvalue weighted by atomic mass is 16.2. The molecule has 3 nitrogen and oxygen atoms in total. The van der Waals surface area contributed by atoms with Gasteiger partial charge in [0, 0.05) is 12.1 Å². The number of carbonyl (C=O) groups is 1. The number of rotatable bonds is 11. The van der Waals surface area contributed by atoms with E-state index in [1.165, 1.54) is 63.5 Å². The first kappa shape index (κ1) is 21.2. The molecule has 0 bridgehead atoms. The Bertz CT molecular complexity index is 377. The molecule has 0 heterocycles. The van der Waals surface area contributed by atoms with Crippen molar-refractivity contribution in [3.63, 3.8) is 0 Å². The van der Waals surface area contributed by atoms with E-state index in [4.69, 9.17) is 0 Å². The van der Waals surface area contributed by atoms with Gasteiger partial charge in [-0.1, -0.05) is 72.6 Å². The second-order valence-corrected chi connectivity index (χ2v) is 8.20. The van der Waals surface area contributed by atoms with Crippen molar-refractivity contribution in [2.75, 3.05) is 0 Å². The molecule has 1 aliphatic rings. The Hall–Kier alpha value is -0.860. The largest absolute Gasteiger partial charge is 0.273 e. The van der Waals surface area contributed by atoms with E-state index in [1.54, 1.807) is 0 Å². The van der Waals surface area contributed by atoms with Gasteiger partial charge in [0.15, 0.2) is 0 Å². The minimum absolute atomic E-state index is 0.0899. The van der Waals surface area contributed by atoms with Gasteiger partial charge in [0.05, 0.1) is 0 Å². The lowest BCUT2D eigenvalue weighted by Gasteiger charge is -2.36. The van der Waals surface area contributed by atoms with Crippen LogP contribution in [0.1, 0.15) is 111 Å². The Morgan fingerprint density at radius 1 is 1.04 bits per heavy atom. The standard InChI is InChI=1S/C21H40N2O/c1-5-7-8-9-10-11-12-13-20(24)23-22-19-16-14-18(15-17-19)21(3,4)6-2/h18H,5-17H2,1-4H3,(H,23,24). The van der Waals surface area contributed by atoms with Crippen molar-refractivity contribution < 1.29 is 4.79 Å². The van der Waals surface area contributed by atoms with Crippen LogP contribution in [0.2, 0.25) is 0 Å². The van der Waals surface area contributed by atoms with Crippen LogP contribution in [-0.4, -0.2) is 11.6 Å². The minimum Gasteiger partial charge on any atom is -0.273 e. The number of hydrogen-bond acceptors (Lipinski definition) is 2. The van der Waals surface area contributed by atoms with Crippen molar-refractivity contribution in [2.24, 2.45) is 16.4 Å².